The van der Waals surface area contributed by atoms with Gasteiger partial charge in [0, 0.05) is 111 Å². The van der Waals surface area contributed by atoms with Crippen molar-refractivity contribution in [2.24, 2.45) is 0 Å². The second-order valence-electron chi connectivity index (χ2n) is 14.5. The summed E-state index contributed by atoms with van der Waals surface area (Å²) in [5, 5.41) is 14.7. The van der Waals surface area contributed by atoms with Gasteiger partial charge in [-0.1, -0.05) is 71.7 Å². The Morgan fingerprint density at radius 2 is 1.06 bits per heavy atom. The van der Waals surface area contributed by atoms with Crippen LogP contribution in [0.1, 0.15) is 61.7 Å². The molecule has 270 valence electrons. The molecule has 52 heavy (non-hydrogen) atoms. The second-order valence-corrected chi connectivity index (χ2v) is 15.3. The molecule has 2 aromatic carbocycles. The molecule has 2 amide bonds. The van der Waals surface area contributed by atoms with Crippen LogP contribution in [0.2, 0.25) is 10.0 Å². The van der Waals surface area contributed by atoms with Gasteiger partial charge < -0.3 is 31.1 Å². The summed E-state index contributed by atoms with van der Waals surface area (Å²) in [4.78, 5) is 38.1. The summed E-state index contributed by atoms with van der Waals surface area (Å²) in [6, 6.07) is 21.1. The highest BCUT2D eigenvalue weighted by Gasteiger charge is 2.30. The molecule has 0 radical (unpaired) electrons. The van der Waals surface area contributed by atoms with Crippen LogP contribution >= 0.6 is 23.2 Å². The molecule has 2 saturated heterocycles. The van der Waals surface area contributed by atoms with Gasteiger partial charge in [0.15, 0.2) is 0 Å². The van der Waals surface area contributed by atoms with E-state index < -0.39 is 0 Å². The fraction of sp³-hybridized carbons (Fsp3) is 0.400. The van der Waals surface area contributed by atoms with Crippen molar-refractivity contribution in [3.05, 3.63) is 81.8 Å². The molecule has 0 spiro atoms. The highest BCUT2D eigenvalue weighted by atomic mass is 35.5. The van der Waals surface area contributed by atoms with E-state index in [9.17, 15) is 9.59 Å². The molecule has 12 heteroatoms. The standard InChI is InChI=1S/C40H44Cl2N8O2/c1-49-19-17-31(43-21-23-9-15-35(51)45-23)29-11-13-33(47-39(29)49)27-7-3-5-25(37(27)41)26-6-4-8-28(38(26)42)34-14-12-30-32(18-20-50(2)40(30)48-34)44-22-24-10-16-36(52)46-24/h3-8,11-14,23-24,31-32,43-44H,9-10,15-22H2,1-2H3,(H,45,51)(H,46,52)/t23-,24-,31-,32+/m1/s1. The normalized spacial score (nSPS) is 22.6. The summed E-state index contributed by atoms with van der Waals surface area (Å²) in [7, 11) is 4.15. The van der Waals surface area contributed by atoms with Crippen molar-refractivity contribution >= 4 is 46.7 Å². The van der Waals surface area contributed by atoms with E-state index in [-0.39, 0.29) is 36.0 Å². The molecule has 10 nitrogen and oxygen atoms in total. The average Bonchev–Trinajstić information content (AvgIpc) is 3.78. The zero-order valence-corrected chi connectivity index (χ0v) is 31.0. The fourth-order valence-corrected chi connectivity index (χ4v) is 8.72. The quantitative estimate of drug-likeness (QED) is 0.159. The van der Waals surface area contributed by atoms with Crippen molar-refractivity contribution in [2.45, 2.75) is 62.7 Å². The molecule has 8 rings (SSSR count). The van der Waals surface area contributed by atoms with Gasteiger partial charge in [-0.15, -0.1) is 0 Å². The van der Waals surface area contributed by atoms with Crippen LogP contribution in [0.25, 0.3) is 33.6 Å². The number of fused-ring (bicyclic) bond motifs is 2. The van der Waals surface area contributed by atoms with E-state index in [2.05, 4.69) is 57.3 Å². The number of benzene rings is 2. The number of carbonyl (C=O) groups excluding carboxylic acids is 2. The number of anilines is 2. The van der Waals surface area contributed by atoms with Crippen LogP contribution in [0.15, 0.2) is 60.7 Å². The predicted molar refractivity (Wildman–Crippen MR) is 208 cm³/mol. The molecule has 0 saturated carbocycles. The lowest BCUT2D eigenvalue weighted by Gasteiger charge is -2.33. The van der Waals surface area contributed by atoms with Gasteiger partial charge in [-0.2, -0.15) is 0 Å². The Bertz CT molecular complexity index is 1880. The summed E-state index contributed by atoms with van der Waals surface area (Å²) in [6.07, 6.45) is 4.86. The lowest BCUT2D eigenvalue weighted by Crippen LogP contribution is -2.40. The molecule has 4 N–H and O–H groups in total. The first kappa shape index (κ1) is 34.8. The number of aromatic nitrogens is 2. The van der Waals surface area contributed by atoms with Crippen molar-refractivity contribution in [1.82, 2.24) is 31.2 Å². The molecule has 4 aromatic rings. The third-order valence-corrected chi connectivity index (χ3v) is 11.8. The summed E-state index contributed by atoms with van der Waals surface area (Å²) >= 11 is 14.5. The molecule has 4 atom stereocenters. The zero-order valence-electron chi connectivity index (χ0n) is 29.5. The first-order chi connectivity index (χ1) is 25.2. The minimum absolute atomic E-state index is 0.132. The van der Waals surface area contributed by atoms with Gasteiger partial charge in [0.1, 0.15) is 11.6 Å². The SMILES string of the molecule is CN1CC[C@H](NC[C@H]2CCC(=O)N2)c2ccc(-c3cccc(-c4cccc(-c5ccc6c(n5)N(C)CC[C@H]6NC[C@H]5CCC(=O)N5)c4Cl)c3Cl)nc21. The van der Waals surface area contributed by atoms with Gasteiger partial charge in [-0.25, -0.2) is 9.97 Å². The van der Waals surface area contributed by atoms with Crippen LogP contribution in [0, 0.1) is 0 Å². The third kappa shape index (κ3) is 6.85. The minimum atomic E-state index is 0.132. The molecule has 2 aromatic heterocycles. The van der Waals surface area contributed by atoms with Crippen LogP contribution in [0.3, 0.4) is 0 Å². The van der Waals surface area contributed by atoms with Crippen molar-refractivity contribution in [2.75, 3.05) is 50.1 Å². The van der Waals surface area contributed by atoms with Crippen LogP contribution in [-0.4, -0.2) is 74.1 Å². The second kappa shape index (κ2) is 14.7. The minimum Gasteiger partial charge on any atom is -0.359 e. The molecular formula is C40H44Cl2N8O2. The number of rotatable bonds is 9. The topological polar surface area (TPSA) is 115 Å². The van der Waals surface area contributed by atoms with Gasteiger partial charge in [-0.05, 0) is 37.8 Å². The maximum absolute atomic E-state index is 11.7. The number of nitrogens with zero attached hydrogens (tertiary/aromatic N) is 4. The monoisotopic (exact) mass is 738 g/mol. The maximum atomic E-state index is 11.7. The Morgan fingerprint density at radius 1 is 0.635 bits per heavy atom. The Hall–Kier alpha value is -4.22. The average molecular weight is 740 g/mol. The van der Waals surface area contributed by atoms with Gasteiger partial charge in [0.05, 0.1) is 21.4 Å². The lowest BCUT2D eigenvalue weighted by molar-refractivity contribution is -0.120. The lowest BCUT2D eigenvalue weighted by atomic mass is 9.95. The number of halogens is 2. The van der Waals surface area contributed by atoms with Crippen LogP contribution < -0.4 is 31.1 Å². The highest BCUT2D eigenvalue weighted by Crippen LogP contribution is 2.44. The summed E-state index contributed by atoms with van der Waals surface area (Å²) in [5.74, 6) is 2.13. The molecule has 0 unspecified atom stereocenters. The van der Waals surface area contributed by atoms with E-state index in [1.165, 1.54) is 0 Å². The Morgan fingerprint density at radius 3 is 1.46 bits per heavy atom. The summed E-state index contributed by atoms with van der Waals surface area (Å²) in [6.45, 7) is 3.23. The van der Waals surface area contributed by atoms with E-state index in [1.54, 1.807) is 0 Å². The Labute approximate surface area is 314 Å². The first-order valence-electron chi connectivity index (χ1n) is 18.3. The van der Waals surface area contributed by atoms with Crippen LogP contribution in [0.4, 0.5) is 11.6 Å². The number of hydrogen-bond acceptors (Lipinski definition) is 8. The number of pyridine rings is 2. The van der Waals surface area contributed by atoms with Gasteiger partial charge in [0.2, 0.25) is 11.8 Å². The van der Waals surface area contributed by atoms with E-state index in [4.69, 9.17) is 33.2 Å². The van der Waals surface area contributed by atoms with Crippen molar-refractivity contribution in [1.29, 1.82) is 0 Å². The van der Waals surface area contributed by atoms with E-state index in [0.29, 0.717) is 22.9 Å². The maximum Gasteiger partial charge on any atom is 0.220 e. The largest absolute Gasteiger partial charge is 0.359 e. The molecule has 4 aliphatic rings. The number of hydrogen-bond donors (Lipinski definition) is 4. The predicted octanol–water partition coefficient (Wildman–Crippen LogP) is 6.28. The van der Waals surface area contributed by atoms with Crippen molar-refractivity contribution < 1.29 is 9.59 Å². The number of amides is 2. The van der Waals surface area contributed by atoms with Gasteiger partial charge in [0.25, 0.3) is 0 Å². The number of carbonyl (C=O) groups is 2. The fourth-order valence-electron chi connectivity index (χ4n) is 8.07. The molecule has 0 aliphatic carbocycles. The number of nitrogens with one attached hydrogen (secondary N) is 4. The van der Waals surface area contributed by atoms with Gasteiger partial charge in [-0.3, -0.25) is 9.59 Å². The van der Waals surface area contributed by atoms with Crippen molar-refractivity contribution in [3.8, 4) is 33.6 Å². The summed E-state index contributed by atoms with van der Waals surface area (Å²) in [5.41, 5.74) is 7.23. The first-order valence-corrected chi connectivity index (χ1v) is 19.1. The van der Waals surface area contributed by atoms with Crippen LogP contribution in [-0.2, 0) is 9.59 Å². The van der Waals surface area contributed by atoms with Gasteiger partial charge >= 0.3 is 0 Å². The Balaban J connectivity index is 1.05. The zero-order chi connectivity index (χ0) is 35.9. The molecule has 2 fully saturated rings. The molecule has 0 bridgehead atoms. The highest BCUT2D eigenvalue weighted by molar-refractivity contribution is 6.39. The smallest absolute Gasteiger partial charge is 0.220 e. The van der Waals surface area contributed by atoms with E-state index in [1.807, 2.05) is 48.5 Å². The van der Waals surface area contributed by atoms with E-state index >= 15 is 0 Å². The molecule has 4 aliphatic heterocycles. The van der Waals surface area contributed by atoms with Crippen LogP contribution in [0.5, 0.6) is 0 Å². The molecule has 6 heterocycles. The summed E-state index contributed by atoms with van der Waals surface area (Å²) < 4.78 is 0. The van der Waals surface area contributed by atoms with E-state index in [0.717, 1.165) is 108 Å². The Kier molecular flexibility index (Phi) is 9.82. The van der Waals surface area contributed by atoms with Crippen molar-refractivity contribution in [3.63, 3.8) is 0 Å². The molecular weight excluding hydrogens is 695 g/mol. The third-order valence-electron chi connectivity index (χ3n) is 11.0.